The molecule has 0 fully saturated rings. The minimum atomic E-state index is -0.810. The number of aryl methyl sites for hydroxylation is 1. The van der Waals surface area contributed by atoms with E-state index in [-0.39, 0.29) is 17.4 Å². The molecular weight excluding hydrogens is 504 g/mol. The van der Waals surface area contributed by atoms with E-state index in [0.717, 1.165) is 29.0 Å². The van der Waals surface area contributed by atoms with Crippen molar-refractivity contribution in [1.29, 1.82) is 0 Å². The second-order valence-electron chi connectivity index (χ2n) is 7.82. The maximum atomic E-state index is 14.0. The third-order valence-electron chi connectivity index (χ3n) is 5.05. The number of thiazole rings is 1. The van der Waals surface area contributed by atoms with Crippen LogP contribution in [0.2, 0.25) is 0 Å². The lowest BCUT2D eigenvalue weighted by Crippen LogP contribution is -2.15. The lowest BCUT2D eigenvalue weighted by Gasteiger charge is -2.16. The van der Waals surface area contributed by atoms with Gasteiger partial charge in [0.05, 0.1) is 11.4 Å². The van der Waals surface area contributed by atoms with Crippen LogP contribution in [0.1, 0.15) is 24.4 Å². The van der Waals surface area contributed by atoms with Gasteiger partial charge in [-0.05, 0) is 26.0 Å². The Morgan fingerprint density at radius 1 is 1.25 bits per heavy atom. The lowest BCUT2D eigenvalue weighted by molar-refractivity contribution is -0.113. The Kier molecular flexibility index (Phi) is 8.11. The van der Waals surface area contributed by atoms with Crippen LogP contribution in [0.4, 0.5) is 13.9 Å². The minimum absolute atomic E-state index is 0.0799. The van der Waals surface area contributed by atoms with Gasteiger partial charge in [-0.15, -0.1) is 28.1 Å². The Bertz CT molecular complexity index is 1370. The van der Waals surface area contributed by atoms with Gasteiger partial charge in [-0.1, -0.05) is 47.7 Å². The first-order valence-corrected chi connectivity index (χ1v) is 12.8. The number of amides is 1. The average Bonchev–Trinajstić information content (AvgIpc) is 3.47. The number of benzene rings is 2. The first-order chi connectivity index (χ1) is 17.3. The van der Waals surface area contributed by atoms with E-state index in [9.17, 15) is 13.6 Å². The van der Waals surface area contributed by atoms with E-state index in [4.69, 9.17) is 4.74 Å². The third kappa shape index (κ3) is 6.16. The number of halogens is 2. The zero-order valence-corrected chi connectivity index (χ0v) is 21.2. The molecule has 1 amide bonds. The van der Waals surface area contributed by atoms with Crippen molar-refractivity contribution in [3.8, 4) is 17.0 Å². The van der Waals surface area contributed by atoms with E-state index in [2.05, 4.69) is 27.1 Å². The van der Waals surface area contributed by atoms with Crippen molar-refractivity contribution in [2.45, 2.75) is 31.7 Å². The molecule has 2 aromatic carbocycles. The van der Waals surface area contributed by atoms with Gasteiger partial charge in [0.25, 0.3) is 0 Å². The molecule has 0 bridgehead atoms. The SMILES string of the molecule is C=CCn1c(SCC(=O)Nc2nc(-c3ccc(C)cc3)cs2)nnc1C(C)Oc1ccc(F)cc1F. The van der Waals surface area contributed by atoms with Crippen LogP contribution in [0, 0.1) is 18.6 Å². The van der Waals surface area contributed by atoms with Crippen molar-refractivity contribution in [3.63, 3.8) is 0 Å². The van der Waals surface area contributed by atoms with Crippen LogP contribution in [-0.4, -0.2) is 31.4 Å². The van der Waals surface area contributed by atoms with Gasteiger partial charge in [0, 0.05) is 23.6 Å². The smallest absolute Gasteiger partial charge is 0.236 e. The molecule has 1 unspecified atom stereocenters. The molecule has 0 radical (unpaired) electrons. The van der Waals surface area contributed by atoms with Gasteiger partial charge < -0.3 is 10.1 Å². The Morgan fingerprint density at radius 2 is 2.03 bits per heavy atom. The summed E-state index contributed by atoms with van der Waals surface area (Å²) in [4.78, 5) is 17.0. The number of carbonyl (C=O) groups is 1. The molecule has 186 valence electrons. The van der Waals surface area contributed by atoms with Crippen molar-refractivity contribution in [3.05, 3.63) is 83.5 Å². The van der Waals surface area contributed by atoms with E-state index < -0.39 is 17.7 Å². The summed E-state index contributed by atoms with van der Waals surface area (Å²) in [5.74, 6) is -1.34. The van der Waals surface area contributed by atoms with Crippen LogP contribution < -0.4 is 10.1 Å². The first kappa shape index (κ1) is 25.5. The van der Waals surface area contributed by atoms with Crippen molar-refractivity contribution >= 4 is 34.1 Å². The number of anilines is 1. The predicted molar refractivity (Wildman–Crippen MR) is 137 cm³/mol. The molecule has 0 aliphatic rings. The highest BCUT2D eigenvalue weighted by molar-refractivity contribution is 7.99. The summed E-state index contributed by atoms with van der Waals surface area (Å²) < 4.78 is 34.6. The fourth-order valence-corrected chi connectivity index (χ4v) is 4.79. The summed E-state index contributed by atoms with van der Waals surface area (Å²) >= 11 is 2.55. The summed E-state index contributed by atoms with van der Waals surface area (Å²) in [6.07, 6.45) is 0.973. The Morgan fingerprint density at radius 3 is 2.75 bits per heavy atom. The van der Waals surface area contributed by atoms with Crippen LogP contribution in [0.3, 0.4) is 0 Å². The van der Waals surface area contributed by atoms with E-state index in [1.807, 2.05) is 36.6 Å². The van der Waals surface area contributed by atoms with Crippen molar-refractivity contribution < 1.29 is 18.3 Å². The molecule has 4 aromatic rings. The van der Waals surface area contributed by atoms with Crippen LogP contribution in [-0.2, 0) is 11.3 Å². The summed E-state index contributed by atoms with van der Waals surface area (Å²) in [6, 6.07) is 11.1. The number of ether oxygens (including phenoxy) is 1. The normalized spacial score (nSPS) is 11.8. The number of rotatable bonds is 10. The number of hydrogen-bond acceptors (Lipinski definition) is 7. The predicted octanol–water partition coefficient (Wildman–Crippen LogP) is 6.05. The maximum Gasteiger partial charge on any atom is 0.236 e. The molecule has 2 heterocycles. The topological polar surface area (TPSA) is 81.9 Å². The molecule has 0 aliphatic heterocycles. The molecule has 0 spiro atoms. The third-order valence-corrected chi connectivity index (χ3v) is 6.77. The molecule has 11 heteroatoms. The first-order valence-electron chi connectivity index (χ1n) is 10.9. The van der Waals surface area contributed by atoms with Gasteiger partial charge in [-0.2, -0.15) is 0 Å². The lowest BCUT2D eigenvalue weighted by atomic mass is 10.1. The molecular formula is C25H23F2N5O2S2. The minimum Gasteiger partial charge on any atom is -0.480 e. The van der Waals surface area contributed by atoms with Gasteiger partial charge in [0.15, 0.2) is 33.8 Å². The highest BCUT2D eigenvalue weighted by Crippen LogP contribution is 2.28. The highest BCUT2D eigenvalue weighted by Gasteiger charge is 2.21. The molecule has 0 aliphatic carbocycles. The van der Waals surface area contributed by atoms with Gasteiger partial charge in [0.2, 0.25) is 5.91 Å². The van der Waals surface area contributed by atoms with Gasteiger partial charge >= 0.3 is 0 Å². The van der Waals surface area contributed by atoms with Gasteiger partial charge in [-0.25, -0.2) is 13.8 Å². The zero-order valence-electron chi connectivity index (χ0n) is 19.6. The maximum absolute atomic E-state index is 14.0. The van der Waals surface area contributed by atoms with Gasteiger partial charge in [0.1, 0.15) is 5.82 Å². The highest BCUT2D eigenvalue weighted by atomic mass is 32.2. The second-order valence-corrected chi connectivity index (χ2v) is 9.62. The summed E-state index contributed by atoms with van der Waals surface area (Å²) in [5, 5.41) is 14.0. The van der Waals surface area contributed by atoms with Crippen molar-refractivity contribution in [2.75, 3.05) is 11.1 Å². The Labute approximate surface area is 215 Å². The van der Waals surface area contributed by atoms with Crippen LogP contribution in [0.25, 0.3) is 11.3 Å². The van der Waals surface area contributed by atoms with Crippen molar-refractivity contribution in [2.24, 2.45) is 0 Å². The molecule has 2 aromatic heterocycles. The summed E-state index contributed by atoms with van der Waals surface area (Å²) in [5.41, 5.74) is 2.94. The number of nitrogens with zero attached hydrogens (tertiary/aromatic N) is 4. The standard InChI is InChI=1S/C25H23F2N5O2S2/c1-4-11-32-23(16(3)34-21-10-9-18(26)12-19(21)27)30-31-25(32)36-14-22(33)29-24-28-20(13-35-24)17-7-5-15(2)6-8-17/h4-10,12-13,16H,1,11,14H2,2-3H3,(H,28,29,33). The number of nitrogens with one attached hydrogen (secondary N) is 1. The van der Waals surface area contributed by atoms with Crippen LogP contribution in [0.15, 0.2) is 65.7 Å². The summed E-state index contributed by atoms with van der Waals surface area (Å²) in [6.45, 7) is 7.82. The monoisotopic (exact) mass is 527 g/mol. The fourth-order valence-electron chi connectivity index (χ4n) is 3.30. The Balaban J connectivity index is 1.39. The largest absolute Gasteiger partial charge is 0.480 e. The average molecular weight is 528 g/mol. The number of hydrogen-bond donors (Lipinski definition) is 1. The molecule has 0 saturated heterocycles. The fraction of sp³-hybridized carbons (Fsp3) is 0.200. The van der Waals surface area contributed by atoms with Crippen LogP contribution >= 0.6 is 23.1 Å². The number of allylic oxidation sites excluding steroid dienone is 1. The van der Waals surface area contributed by atoms with E-state index >= 15 is 0 Å². The quantitative estimate of drug-likeness (QED) is 0.200. The number of aromatic nitrogens is 4. The molecule has 1 N–H and O–H groups in total. The Hall–Kier alpha value is -3.57. The van der Waals surface area contributed by atoms with E-state index in [0.29, 0.717) is 22.7 Å². The molecule has 1 atom stereocenters. The van der Waals surface area contributed by atoms with E-state index in [1.54, 1.807) is 17.6 Å². The van der Waals surface area contributed by atoms with Gasteiger partial charge in [-0.3, -0.25) is 9.36 Å². The number of thioether (sulfide) groups is 1. The summed E-state index contributed by atoms with van der Waals surface area (Å²) in [7, 11) is 0. The number of carbonyl (C=O) groups excluding carboxylic acids is 1. The molecule has 4 rings (SSSR count). The molecule has 7 nitrogen and oxygen atoms in total. The second kappa shape index (κ2) is 11.4. The van der Waals surface area contributed by atoms with E-state index in [1.165, 1.54) is 29.2 Å². The molecule has 36 heavy (non-hydrogen) atoms. The molecule has 0 saturated carbocycles. The zero-order chi connectivity index (χ0) is 25.7. The van der Waals surface area contributed by atoms with Crippen molar-refractivity contribution in [1.82, 2.24) is 19.7 Å². The van der Waals surface area contributed by atoms with Crippen LogP contribution in [0.5, 0.6) is 5.75 Å².